The van der Waals surface area contributed by atoms with Crippen molar-refractivity contribution in [2.45, 2.75) is 38.2 Å². The molecular formula is C17H23NO3. The van der Waals surface area contributed by atoms with E-state index in [4.69, 9.17) is 4.74 Å². The number of aliphatic hydroxyl groups excluding tert-OH is 1. The molecule has 0 saturated heterocycles. The zero-order valence-electron chi connectivity index (χ0n) is 12.5. The molecule has 0 fully saturated rings. The Bertz CT molecular complexity index is 511. The maximum Gasteiger partial charge on any atom is 0.224 e. The number of rotatable bonds is 6. The van der Waals surface area contributed by atoms with Crippen molar-refractivity contribution in [3.05, 3.63) is 41.5 Å². The fourth-order valence-electron chi connectivity index (χ4n) is 2.51. The van der Waals surface area contributed by atoms with Crippen LogP contribution in [0.5, 0.6) is 5.75 Å². The predicted molar refractivity (Wildman–Crippen MR) is 82.1 cm³/mol. The van der Waals surface area contributed by atoms with Crippen LogP contribution in [-0.4, -0.2) is 24.7 Å². The summed E-state index contributed by atoms with van der Waals surface area (Å²) in [5.74, 6) is 0.676. The van der Waals surface area contributed by atoms with Crippen LogP contribution in [-0.2, 0) is 4.79 Å². The van der Waals surface area contributed by atoms with Gasteiger partial charge in [-0.05, 0) is 43.4 Å². The molecule has 0 aromatic heterocycles. The molecule has 0 saturated carbocycles. The largest absolute Gasteiger partial charge is 0.497 e. The Balaban J connectivity index is 1.81. The third-order valence-corrected chi connectivity index (χ3v) is 3.74. The molecule has 0 spiro atoms. The van der Waals surface area contributed by atoms with Crippen molar-refractivity contribution in [2.75, 3.05) is 13.7 Å². The van der Waals surface area contributed by atoms with Crippen LogP contribution < -0.4 is 10.1 Å². The third-order valence-electron chi connectivity index (χ3n) is 3.74. The number of hydrogen-bond donors (Lipinski definition) is 2. The van der Waals surface area contributed by atoms with Crippen LogP contribution in [0.2, 0.25) is 0 Å². The number of carbonyl (C=O) groups excluding carboxylic acids is 1. The van der Waals surface area contributed by atoms with Crippen molar-refractivity contribution in [1.29, 1.82) is 0 Å². The molecule has 1 unspecified atom stereocenters. The second-order valence-corrected chi connectivity index (χ2v) is 5.38. The number of carbonyl (C=O) groups is 1. The van der Waals surface area contributed by atoms with Gasteiger partial charge in [-0.3, -0.25) is 4.79 Å². The van der Waals surface area contributed by atoms with Crippen molar-refractivity contribution in [3.8, 4) is 5.75 Å². The molecule has 0 bridgehead atoms. The molecule has 114 valence electrons. The number of methoxy groups -OCH3 is 1. The summed E-state index contributed by atoms with van der Waals surface area (Å²) in [5, 5.41) is 12.9. The molecule has 2 N–H and O–H groups in total. The lowest BCUT2D eigenvalue weighted by molar-refractivity contribution is -0.120. The second kappa shape index (κ2) is 7.84. The average molecular weight is 289 g/mol. The van der Waals surface area contributed by atoms with E-state index in [1.807, 2.05) is 18.2 Å². The molecule has 2 rings (SSSR count). The van der Waals surface area contributed by atoms with Crippen molar-refractivity contribution in [2.24, 2.45) is 0 Å². The fourth-order valence-corrected chi connectivity index (χ4v) is 2.51. The van der Waals surface area contributed by atoms with Gasteiger partial charge in [0.25, 0.3) is 0 Å². The number of hydrogen-bond acceptors (Lipinski definition) is 3. The summed E-state index contributed by atoms with van der Waals surface area (Å²) in [6.07, 6.45) is 6.39. The van der Waals surface area contributed by atoms with E-state index in [-0.39, 0.29) is 12.5 Å². The van der Waals surface area contributed by atoms with Gasteiger partial charge in [-0.1, -0.05) is 23.8 Å². The first-order chi connectivity index (χ1) is 10.2. The van der Waals surface area contributed by atoms with Crippen LogP contribution >= 0.6 is 0 Å². The summed E-state index contributed by atoms with van der Waals surface area (Å²) in [6, 6.07) is 7.25. The molecule has 0 heterocycles. The molecule has 21 heavy (non-hydrogen) atoms. The molecule has 1 aliphatic rings. The number of benzene rings is 1. The Hall–Kier alpha value is -1.81. The van der Waals surface area contributed by atoms with E-state index in [2.05, 4.69) is 11.4 Å². The minimum atomic E-state index is -0.718. The van der Waals surface area contributed by atoms with Gasteiger partial charge in [-0.25, -0.2) is 0 Å². The molecule has 4 nitrogen and oxygen atoms in total. The maximum absolute atomic E-state index is 11.9. The van der Waals surface area contributed by atoms with Crippen LogP contribution in [0.1, 0.15) is 43.8 Å². The molecule has 1 aromatic rings. The van der Waals surface area contributed by atoms with Crippen LogP contribution in [0.3, 0.4) is 0 Å². The first kappa shape index (κ1) is 15.6. The van der Waals surface area contributed by atoms with Gasteiger partial charge < -0.3 is 15.2 Å². The van der Waals surface area contributed by atoms with Crippen molar-refractivity contribution in [1.82, 2.24) is 5.32 Å². The highest BCUT2D eigenvalue weighted by atomic mass is 16.5. The van der Waals surface area contributed by atoms with Crippen molar-refractivity contribution < 1.29 is 14.6 Å². The average Bonchev–Trinajstić information content (AvgIpc) is 2.53. The lowest BCUT2D eigenvalue weighted by Gasteiger charge is -2.15. The maximum atomic E-state index is 11.9. The van der Waals surface area contributed by atoms with E-state index in [1.165, 1.54) is 18.4 Å². The van der Waals surface area contributed by atoms with E-state index >= 15 is 0 Å². The minimum absolute atomic E-state index is 0.0231. The summed E-state index contributed by atoms with van der Waals surface area (Å²) >= 11 is 0. The summed E-state index contributed by atoms with van der Waals surface area (Å²) in [6.45, 7) is 0.222. The topological polar surface area (TPSA) is 58.6 Å². The molecule has 1 atom stereocenters. The highest BCUT2D eigenvalue weighted by Gasteiger charge is 2.12. The predicted octanol–water partition coefficient (Wildman–Crippen LogP) is 2.74. The SMILES string of the molecule is COc1cccc(C(O)CNC(=O)CC2=CCCCC2)c1. The molecular weight excluding hydrogens is 266 g/mol. The quantitative estimate of drug-likeness (QED) is 0.792. The van der Waals surface area contributed by atoms with Gasteiger partial charge in [-0.15, -0.1) is 0 Å². The van der Waals surface area contributed by atoms with Gasteiger partial charge in [0.05, 0.1) is 13.2 Å². The van der Waals surface area contributed by atoms with Crippen molar-refractivity contribution >= 4 is 5.91 Å². The van der Waals surface area contributed by atoms with Gasteiger partial charge in [0.1, 0.15) is 5.75 Å². The minimum Gasteiger partial charge on any atom is -0.497 e. The van der Waals surface area contributed by atoms with Gasteiger partial charge in [-0.2, -0.15) is 0 Å². The molecule has 1 aliphatic carbocycles. The normalized spacial score (nSPS) is 16.0. The van der Waals surface area contributed by atoms with E-state index in [0.717, 1.165) is 18.4 Å². The highest BCUT2D eigenvalue weighted by molar-refractivity contribution is 5.78. The molecule has 0 aliphatic heterocycles. The monoisotopic (exact) mass is 289 g/mol. The molecule has 4 heteroatoms. The zero-order chi connectivity index (χ0) is 15.1. The number of aliphatic hydroxyl groups is 1. The van der Waals surface area contributed by atoms with Crippen molar-refractivity contribution in [3.63, 3.8) is 0 Å². The van der Waals surface area contributed by atoms with Crippen LogP contribution in [0, 0.1) is 0 Å². The Kier molecular flexibility index (Phi) is 5.81. The van der Waals surface area contributed by atoms with Gasteiger partial charge in [0, 0.05) is 13.0 Å². The molecule has 1 aromatic carbocycles. The van der Waals surface area contributed by atoms with Crippen LogP contribution in [0.15, 0.2) is 35.9 Å². The Morgan fingerprint density at radius 1 is 1.43 bits per heavy atom. The van der Waals surface area contributed by atoms with E-state index in [0.29, 0.717) is 12.2 Å². The van der Waals surface area contributed by atoms with Crippen LogP contribution in [0.25, 0.3) is 0 Å². The summed E-state index contributed by atoms with van der Waals surface area (Å²) in [5.41, 5.74) is 1.96. The first-order valence-corrected chi connectivity index (χ1v) is 7.45. The smallest absolute Gasteiger partial charge is 0.224 e. The number of ether oxygens (including phenoxy) is 1. The summed E-state index contributed by atoms with van der Waals surface area (Å²) < 4.78 is 5.13. The summed E-state index contributed by atoms with van der Waals surface area (Å²) in [7, 11) is 1.59. The lowest BCUT2D eigenvalue weighted by atomic mass is 9.97. The Morgan fingerprint density at radius 3 is 3.00 bits per heavy atom. The standard InChI is InChI=1S/C17H23NO3/c1-21-15-9-5-8-14(11-15)16(19)12-18-17(20)10-13-6-3-2-4-7-13/h5-6,8-9,11,16,19H,2-4,7,10,12H2,1H3,(H,18,20). The van der Waals surface area contributed by atoms with E-state index in [9.17, 15) is 9.90 Å². The third kappa shape index (κ3) is 4.90. The van der Waals surface area contributed by atoms with Crippen LogP contribution in [0.4, 0.5) is 0 Å². The van der Waals surface area contributed by atoms with E-state index < -0.39 is 6.10 Å². The zero-order valence-corrected chi connectivity index (χ0v) is 12.5. The molecule has 1 amide bonds. The van der Waals surface area contributed by atoms with Gasteiger partial charge in [0.2, 0.25) is 5.91 Å². The number of allylic oxidation sites excluding steroid dienone is 1. The van der Waals surface area contributed by atoms with Gasteiger partial charge in [0.15, 0.2) is 0 Å². The fraction of sp³-hybridized carbons (Fsp3) is 0.471. The Labute approximate surface area is 125 Å². The van der Waals surface area contributed by atoms with E-state index in [1.54, 1.807) is 13.2 Å². The lowest BCUT2D eigenvalue weighted by Crippen LogP contribution is -2.28. The Morgan fingerprint density at radius 2 is 2.29 bits per heavy atom. The highest BCUT2D eigenvalue weighted by Crippen LogP contribution is 2.20. The summed E-state index contributed by atoms with van der Waals surface area (Å²) in [4.78, 5) is 11.9. The second-order valence-electron chi connectivity index (χ2n) is 5.38. The first-order valence-electron chi connectivity index (χ1n) is 7.45. The molecule has 0 radical (unpaired) electrons. The number of amides is 1. The number of nitrogens with one attached hydrogen (secondary N) is 1. The van der Waals surface area contributed by atoms with Gasteiger partial charge >= 0.3 is 0 Å².